The van der Waals surface area contributed by atoms with Crippen LogP contribution < -0.4 is 15.5 Å². The Kier molecular flexibility index (Phi) is 14.5. The molecule has 3 fully saturated rings. The minimum atomic E-state index is -2.89. The Balaban J connectivity index is 0.000000217. The van der Waals surface area contributed by atoms with Gasteiger partial charge < -0.3 is 25.0 Å². The second-order valence-electron chi connectivity index (χ2n) is 17.8. The van der Waals surface area contributed by atoms with Gasteiger partial charge in [-0.25, -0.2) is 26.7 Å². The SMILES string of the molecule is CN(C)C(=O)c1cc2c(-c3ccc(C4CCNCC4)c(F)c3F)cc(C3=CCCN(C(=O)CCn4cccn4)C3)c(F)c2[nH]1.O=C1CCN(c2cc(C(=O)N3CCCC(F)(F)C3)ccc2Cl)C(=O)N1. The number of aromatic nitrogens is 3. The second-order valence-corrected chi connectivity index (χ2v) is 18.2. The smallest absolute Gasteiger partial charge is 0.328 e. The number of likely N-dealkylation sites (tertiary alicyclic amines) is 1. The molecule has 0 aliphatic carbocycles. The molecule has 6 heterocycles. The Morgan fingerprint density at radius 1 is 0.913 bits per heavy atom. The van der Waals surface area contributed by atoms with E-state index in [1.807, 2.05) is 6.08 Å². The third-order valence-electron chi connectivity index (χ3n) is 12.9. The summed E-state index contributed by atoms with van der Waals surface area (Å²) in [5, 5.41) is 10.1. The fourth-order valence-corrected chi connectivity index (χ4v) is 9.43. The van der Waals surface area contributed by atoms with Gasteiger partial charge in [0.15, 0.2) is 17.5 Å². The highest BCUT2D eigenvalue weighted by Gasteiger charge is 2.38. The number of piperidine rings is 2. The molecular weight excluding hydrogens is 925 g/mol. The largest absolute Gasteiger partial charge is 0.348 e. The van der Waals surface area contributed by atoms with Crippen molar-refractivity contribution >= 4 is 63.4 Å². The van der Waals surface area contributed by atoms with Crippen molar-refractivity contribution in [1.82, 2.24) is 40.1 Å². The lowest BCUT2D eigenvalue weighted by molar-refractivity contribution is -0.131. The maximum absolute atomic E-state index is 16.3. The average molecular weight is 976 g/mol. The number of carbonyl (C=O) groups excluding carboxylic acids is 5. The molecule has 3 N–H and O–H groups in total. The molecular formula is C49H51ClF5N9O5. The van der Waals surface area contributed by atoms with Crippen LogP contribution in [0.2, 0.25) is 5.02 Å². The van der Waals surface area contributed by atoms with Gasteiger partial charge in [0.2, 0.25) is 11.8 Å². The van der Waals surface area contributed by atoms with E-state index in [1.165, 1.54) is 40.1 Å². The number of hydrogen-bond donors (Lipinski definition) is 3. The van der Waals surface area contributed by atoms with Crippen LogP contribution in [0.5, 0.6) is 0 Å². The topological polar surface area (TPSA) is 156 Å². The molecule has 3 aromatic carbocycles. The van der Waals surface area contributed by atoms with E-state index in [2.05, 4.69) is 20.7 Å². The van der Waals surface area contributed by atoms with E-state index in [4.69, 9.17) is 11.6 Å². The summed E-state index contributed by atoms with van der Waals surface area (Å²) in [6.45, 7) is 2.31. The molecule has 4 aliphatic rings. The third-order valence-corrected chi connectivity index (χ3v) is 13.2. The fraction of sp³-hybridized carbons (Fsp3) is 0.388. The zero-order valence-electron chi connectivity index (χ0n) is 38.0. The lowest BCUT2D eigenvalue weighted by Crippen LogP contribution is -2.49. The van der Waals surface area contributed by atoms with Crippen LogP contribution in [-0.4, -0.2) is 125 Å². The molecule has 0 spiro atoms. The average Bonchev–Trinajstić information content (AvgIpc) is 4.04. The number of imide groups is 1. The van der Waals surface area contributed by atoms with Crippen molar-refractivity contribution in [1.29, 1.82) is 0 Å². The van der Waals surface area contributed by atoms with Crippen molar-refractivity contribution in [3.8, 4) is 11.1 Å². The number of amides is 6. The fourth-order valence-electron chi connectivity index (χ4n) is 9.21. The van der Waals surface area contributed by atoms with Gasteiger partial charge in [-0.3, -0.25) is 34.1 Å². The summed E-state index contributed by atoms with van der Waals surface area (Å²) in [6, 6.07) is 11.6. The Hall–Kier alpha value is -6.60. The van der Waals surface area contributed by atoms with Gasteiger partial charge in [0, 0.05) is 101 Å². The van der Waals surface area contributed by atoms with E-state index in [1.54, 1.807) is 54.3 Å². The van der Waals surface area contributed by atoms with E-state index in [0.717, 1.165) is 18.0 Å². The number of halogens is 6. The number of alkyl halides is 2. The number of aryl methyl sites for hydroxylation is 1. The normalized spacial score (nSPS) is 17.6. The van der Waals surface area contributed by atoms with Crippen molar-refractivity contribution in [3.63, 3.8) is 0 Å². The van der Waals surface area contributed by atoms with Crippen molar-refractivity contribution in [2.75, 3.05) is 64.8 Å². The molecule has 4 aliphatic heterocycles. The molecule has 0 bridgehead atoms. The van der Waals surface area contributed by atoms with Gasteiger partial charge in [-0.05, 0) is 97.8 Å². The van der Waals surface area contributed by atoms with Crippen molar-refractivity contribution < 1.29 is 45.9 Å². The first-order valence-electron chi connectivity index (χ1n) is 22.8. The first kappa shape index (κ1) is 48.8. The van der Waals surface area contributed by atoms with Crippen molar-refractivity contribution in [2.24, 2.45) is 0 Å². The van der Waals surface area contributed by atoms with Crippen molar-refractivity contribution in [3.05, 3.63) is 112 Å². The van der Waals surface area contributed by atoms with Crippen LogP contribution in [0.15, 0.2) is 67.0 Å². The van der Waals surface area contributed by atoms with E-state index >= 15 is 13.2 Å². The molecule has 5 aromatic rings. The summed E-state index contributed by atoms with van der Waals surface area (Å²) in [6.07, 6.45) is 7.58. The number of urea groups is 1. The summed E-state index contributed by atoms with van der Waals surface area (Å²) in [5.41, 5.74) is 1.90. The first-order chi connectivity index (χ1) is 33.0. The molecule has 364 valence electrons. The predicted octanol–water partition coefficient (Wildman–Crippen LogP) is 7.98. The molecule has 69 heavy (non-hydrogen) atoms. The van der Waals surface area contributed by atoms with Gasteiger partial charge in [0.1, 0.15) is 5.69 Å². The highest BCUT2D eigenvalue weighted by molar-refractivity contribution is 6.34. The zero-order chi connectivity index (χ0) is 49.1. The Bertz CT molecular complexity index is 2830. The number of rotatable bonds is 9. The maximum Gasteiger partial charge on any atom is 0.328 e. The maximum atomic E-state index is 16.3. The summed E-state index contributed by atoms with van der Waals surface area (Å²) < 4.78 is 76.6. The molecule has 0 atom stereocenters. The molecule has 6 amide bonds. The van der Waals surface area contributed by atoms with E-state index in [9.17, 15) is 32.8 Å². The monoisotopic (exact) mass is 975 g/mol. The number of fused-ring (bicyclic) bond motifs is 1. The molecule has 0 saturated carbocycles. The molecule has 14 nitrogen and oxygen atoms in total. The minimum absolute atomic E-state index is 0.0159. The van der Waals surface area contributed by atoms with Gasteiger partial charge in [-0.1, -0.05) is 29.8 Å². The number of anilines is 1. The van der Waals surface area contributed by atoms with Crippen LogP contribution in [0.3, 0.4) is 0 Å². The van der Waals surface area contributed by atoms with Gasteiger partial charge in [-0.2, -0.15) is 5.10 Å². The number of nitrogens with one attached hydrogen (secondary N) is 3. The van der Waals surface area contributed by atoms with Gasteiger partial charge >= 0.3 is 6.03 Å². The lowest BCUT2D eigenvalue weighted by Gasteiger charge is -2.33. The number of carbonyl (C=O) groups is 5. The Morgan fingerprint density at radius 2 is 1.70 bits per heavy atom. The minimum Gasteiger partial charge on any atom is -0.348 e. The quantitative estimate of drug-likeness (QED) is 0.127. The molecule has 0 radical (unpaired) electrons. The Morgan fingerprint density at radius 3 is 2.41 bits per heavy atom. The molecule has 9 rings (SSSR count). The van der Waals surface area contributed by atoms with Gasteiger partial charge in [0.25, 0.3) is 17.7 Å². The van der Waals surface area contributed by atoms with Crippen molar-refractivity contribution in [2.45, 2.75) is 63.3 Å². The summed E-state index contributed by atoms with van der Waals surface area (Å²) in [7, 11) is 3.16. The van der Waals surface area contributed by atoms with Crippen LogP contribution in [0.25, 0.3) is 27.6 Å². The number of H-pyrrole nitrogens is 1. The van der Waals surface area contributed by atoms with Crippen LogP contribution in [0, 0.1) is 17.5 Å². The second kappa shape index (κ2) is 20.6. The number of nitrogens with zero attached hydrogens (tertiary/aromatic N) is 6. The number of benzene rings is 3. The van der Waals surface area contributed by atoms with Crippen LogP contribution in [0.1, 0.15) is 82.8 Å². The zero-order valence-corrected chi connectivity index (χ0v) is 38.8. The van der Waals surface area contributed by atoms with Gasteiger partial charge in [-0.15, -0.1) is 0 Å². The first-order valence-corrected chi connectivity index (χ1v) is 23.2. The van der Waals surface area contributed by atoms with Crippen LogP contribution in [0.4, 0.5) is 32.4 Å². The van der Waals surface area contributed by atoms with E-state index in [-0.39, 0.29) is 119 Å². The lowest BCUT2D eigenvalue weighted by atomic mass is 9.87. The summed E-state index contributed by atoms with van der Waals surface area (Å²) in [4.78, 5) is 69.9. The van der Waals surface area contributed by atoms with Crippen LogP contribution >= 0.6 is 11.6 Å². The number of aromatic amines is 1. The Labute approximate surface area is 399 Å². The van der Waals surface area contributed by atoms with Gasteiger partial charge in [0.05, 0.1) is 22.8 Å². The summed E-state index contributed by atoms with van der Waals surface area (Å²) >= 11 is 6.12. The third kappa shape index (κ3) is 10.7. The number of hydrogen-bond acceptors (Lipinski definition) is 7. The highest BCUT2D eigenvalue weighted by Crippen LogP contribution is 2.40. The van der Waals surface area contributed by atoms with Crippen LogP contribution in [-0.2, 0) is 16.1 Å². The van der Waals surface area contributed by atoms with E-state index < -0.39 is 41.9 Å². The van der Waals surface area contributed by atoms with E-state index in [0.29, 0.717) is 43.5 Å². The standard InChI is InChI=1S/C33H35F3N6O2.C16H16ClF2N3O3/c1-40(2)33(44)27-18-26-25(23-7-6-22(29(34)30(23)35)20-8-12-37-13-9-20)17-24(31(36)32(26)39-27)21-5-3-14-41(19-21)28(43)10-16-42-15-4-11-38-42;17-11-3-2-10(14(24)21-6-1-5-16(18,19)9-21)8-12(11)22-7-4-13(23)20-15(22)25/h4-7,11,15,17-18,20,37,39H,3,8-10,12-14,16,19H2,1-2H3;2-3,8H,1,4-7,9H2,(H,20,23,25). The molecule has 20 heteroatoms. The summed E-state index contributed by atoms with van der Waals surface area (Å²) in [5.74, 6) is -6.91. The highest BCUT2D eigenvalue weighted by atomic mass is 35.5. The molecule has 0 unspecified atom stereocenters. The molecule has 3 saturated heterocycles. The molecule has 2 aromatic heterocycles. The predicted molar refractivity (Wildman–Crippen MR) is 250 cm³/mol.